The molecule has 2 aromatic rings. The van der Waals surface area contributed by atoms with Gasteiger partial charge in [0.1, 0.15) is 5.75 Å². The molecule has 0 saturated carbocycles. The highest BCUT2D eigenvalue weighted by molar-refractivity contribution is 5.95. The maximum Gasteiger partial charge on any atom is 0.262 e. The third-order valence-electron chi connectivity index (χ3n) is 4.95. The summed E-state index contributed by atoms with van der Waals surface area (Å²) in [5, 5.41) is 5.67. The number of hydrogen-bond acceptors (Lipinski definition) is 3. The van der Waals surface area contributed by atoms with Crippen molar-refractivity contribution in [3.8, 4) is 5.75 Å². The van der Waals surface area contributed by atoms with Crippen LogP contribution >= 0.6 is 0 Å². The Morgan fingerprint density at radius 1 is 0.871 bits per heavy atom. The van der Waals surface area contributed by atoms with E-state index in [9.17, 15) is 9.59 Å². The first-order chi connectivity index (χ1) is 14.3. The van der Waals surface area contributed by atoms with Gasteiger partial charge in [-0.2, -0.15) is 0 Å². The standard InChI is InChI=1S/C26H36N2O3/c1-17(2)24(30)28-20-11-9-10-19(15-20)27-23(29)16-31-22-13-12-18(25(3,4)5)14-21(22)26(6,7)8/h9-15,17H,16H2,1-8H3,(H,27,29)(H,28,30). The van der Waals surface area contributed by atoms with E-state index in [1.807, 2.05) is 19.9 Å². The largest absolute Gasteiger partial charge is 0.483 e. The van der Waals surface area contributed by atoms with Crippen LogP contribution in [-0.4, -0.2) is 18.4 Å². The highest BCUT2D eigenvalue weighted by atomic mass is 16.5. The summed E-state index contributed by atoms with van der Waals surface area (Å²) in [5.74, 6) is 0.272. The topological polar surface area (TPSA) is 67.4 Å². The number of ether oxygens (including phenoxy) is 1. The number of rotatable bonds is 6. The van der Waals surface area contributed by atoms with Crippen LogP contribution < -0.4 is 15.4 Å². The summed E-state index contributed by atoms with van der Waals surface area (Å²) < 4.78 is 5.91. The third-order valence-corrected chi connectivity index (χ3v) is 4.95. The second kappa shape index (κ2) is 9.54. The van der Waals surface area contributed by atoms with Crippen molar-refractivity contribution in [2.24, 2.45) is 5.92 Å². The highest BCUT2D eigenvalue weighted by Crippen LogP contribution is 2.35. The van der Waals surface area contributed by atoms with Gasteiger partial charge in [0.15, 0.2) is 6.61 Å². The van der Waals surface area contributed by atoms with Crippen LogP contribution in [0.15, 0.2) is 42.5 Å². The lowest BCUT2D eigenvalue weighted by atomic mass is 9.80. The van der Waals surface area contributed by atoms with Crippen LogP contribution in [0.25, 0.3) is 0 Å². The fourth-order valence-electron chi connectivity index (χ4n) is 3.01. The minimum atomic E-state index is -0.257. The molecule has 0 atom stereocenters. The molecule has 2 amide bonds. The molecule has 0 aliphatic heterocycles. The molecule has 2 rings (SSSR count). The number of nitrogens with one attached hydrogen (secondary N) is 2. The zero-order chi connectivity index (χ0) is 23.4. The lowest BCUT2D eigenvalue weighted by molar-refractivity contribution is -0.119. The first kappa shape index (κ1) is 24.4. The SMILES string of the molecule is CC(C)C(=O)Nc1cccc(NC(=O)COc2ccc(C(C)(C)C)cc2C(C)(C)C)c1. The Hall–Kier alpha value is -2.82. The number of carbonyl (C=O) groups excluding carboxylic acids is 2. The van der Waals surface area contributed by atoms with Crippen molar-refractivity contribution in [2.75, 3.05) is 17.2 Å². The van der Waals surface area contributed by atoms with Crippen LogP contribution in [0.4, 0.5) is 11.4 Å². The van der Waals surface area contributed by atoms with Crippen molar-refractivity contribution in [3.05, 3.63) is 53.6 Å². The van der Waals surface area contributed by atoms with Crippen molar-refractivity contribution in [1.82, 2.24) is 0 Å². The highest BCUT2D eigenvalue weighted by Gasteiger charge is 2.23. The normalized spacial score (nSPS) is 11.9. The Bertz CT molecular complexity index is 934. The number of anilines is 2. The maximum atomic E-state index is 12.5. The van der Waals surface area contributed by atoms with Crippen LogP contribution in [0.3, 0.4) is 0 Å². The maximum absolute atomic E-state index is 12.5. The summed E-state index contributed by atoms with van der Waals surface area (Å²) in [7, 11) is 0. The summed E-state index contributed by atoms with van der Waals surface area (Å²) in [6, 6.07) is 13.3. The number of amides is 2. The smallest absolute Gasteiger partial charge is 0.262 e. The summed E-state index contributed by atoms with van der Waals surface area (Å²) >= 11 is 0. The van der Waals surface area contributed by atoms with Crippen molar-refractivity contribution in [1.29, 1.82) is 0 Å². The summed E-state index contributed by atoms with van der Waals surface area (Å²) in [6.45, 7) is 16.5. The Kier molecular flexibility index (Phi) is 7.53. The zero-order valence-corrected chi connectivity index (χ0v) is 20.1. The fraction of sp³-hybridized carbons (Fsp3) is 0.462. The van der Waals surface area contributed by atoms with Crippen LogP contribution in [0.5, 0.6) is 5.75 Å². The van der Waals surface area contributed by atoms with Crippen LogP contribution in [0.1, 0.15) is 66.5 Å². The zero-order valence-electron chi connectivity index (χ0n) is 20.1. The van der Waals surface area contributed by atoms with Gasteiger partial charge < -0.3 is 15.4 Å². The van der Waals surface area contributed by atoms with Gasteiger partial charge in [-0.3, -0.25) is 9.59 Å². The van der Waals surface area contributed by atoms with Gasteiger partial charge in [0.25, 0.3) is 5.91 Å². The molecule has 0 unspecified atom stereocenters. The molecule has 0 radical (unpaired) electrons. The molecule has 0 aliphatic rings. The van der Waals surface area contributed by atoms with Gasteiger partial charge in [0.05, 0.1) is 0 Å². The number of carbonyl (C=O) groups is 2. The quantitative estimate of drug-likeness (QED) is 0.607. The Morgan fingerprint density at radius 2 is 1.48 bits per heavy atom. The molecule has 0 bridgehead atoms. The van der Waals surface area contributed by atoms with E-state index in [0.29, 0.717) is 17.1 Å². The molecular weight excluding hydrogens is 388 g/mol. The molecule has 0 heterocycles. The fourth-order valence-corrected chi connectivity index (χ4v) is 3.01. The molecule has 0 aliphatic carbocycles. The number of hydrogen-bond donors (Lipinski definition) is 2. The van der Waals surface area contributed by atoms with E-state index in [-0.39, 0.29) is 35.2 Å². The Balaban J connectivity index is 2.09. The average molecular weight is 425 g/mol. The van der Waals surface area contributed by atoms with Crippen LogP contribution in [0.2, 0.25) is 0 Å². The first-order valence-electron chi connectivity index (χ1n) is 10.8. The third kappa shape index (κ3) is 7.12. The van der Waals surface area contributed by atoms with E-state index in [2.05, 4.69) is 64.3 Å². The van der Waals surface area contributed by atoms with Crippen molar-refractivity contribution >= 4 is 23.2 Å². The molecule has 0 fully saturated rings. The molecule has 2 aromatic carbocycles. The average Bonchev–Trinajstić information content (AvgIpc) is 2.65. The lowest BCUT2D eigenvalue weighted by Gasteiger charge is -2.27. The van der Waals surface area contributed by atoms with E-state index in [1.165, 1.54) is 5.56 Å². The molecule has 0 saturated heterocycles. The summed E-state index contributed by atoms with van der Waals surface area (Å²) in [4.78, 5) is 24.4. The van der Waals surface area contributed by atoms with Gasteiger partial charge >= 0.3 is 0 Å². The van der Waals surface area contributed by atoms with Crippen molar-refractivity contribution in [2.45, 2.75) is 66.2 Å². The van der Waals surface area contributed by atoms with Gasteiger partial charge in [-0.1, -0.05) is 73.6 Å². The Morgan fingerprint density at radius 3 is 2.03 bits per heavy atom. The molecule has 0 aromatic heterocycles. The summed E-state index contributed by atoms with van der Waals surface area (Å²) in [6.07, 6.45) is 0. The number of benzene rings is 2. The van der Waals surface area contributed by atoms with E-state index in [1.54, 1.807) is 24.3 Å². The van der Waals surface area contributed by atoms with Crippen molar-refractivity contribution in [3.63, 3.8) is 0 Å². The van der Waals surface area contributed by atoms with Crippen LogP contribution in [-0.2, 0) is 20.4 Å². The minimum absolute atomic E-state index is 0.0336. The lowest BCUT2D eigenvalue weighted by Crippen LogP contribution is -2.23. The van der Waals surface area contributed by atoms with E-state index in [4.69, 9.17) is 4.74 Å². The summed E-state index contributed by atoms with van der Waals surface area (Å²) in [5.41, 5.74) is 3.47. The monoisotopic (exact) mass is 424 g/mol. The van der Waals surface area contributed by atoms with Gasteiger partial charge in [-0.05, 0) is 46.2 Å². The second-order valence-corrected chi connectivity index (χ2v) is 10.3. The predicted octanol–water partition coefficient (Wildman–Crippen LogP) is 5.89. The second-order valence-electron chi connectivity index (χ2n) is 10.3. The van der Waals surface area contributed by atoms with E-state index >= 15 is 0 Å². The Labute approximate surface area is 186 Å². The molecule has 2 N–H and O–H groups in total. The molecular formula is C26H36N2O3. The molecule has 31 heavy (non-hydrogen) atoms. The van der Waals surface area contributed by atoms with Crippen molar-refractivity contribution < 1.29 is 14.3 Å². The first-order valence-corrected chi connectivity index (χ1v) is 10.8. The van der Waals surface area contributed by atoms with Gasteiger partial charge in [0, 0.05) is 17.3 Å². The molecule has 5 nitrogen and oxygen atoms in total. The van der Waals surface area contributed by atoms with E-state index < -0.39 is 0 Å². The molecule has 5 heteroatoms. The van der Waals surface area contributed by atoms with Crippen LogP contribution in [0, 0.1) is 5.92 Å². The minimum Gasteiger partial charge on any atom is -0.483 e. The molecule has 0 spiro atoms. The van der Waals surface area contributed by atoms with Gasteiger partial charge in [-0.15, -0.1) is 0 Å². The molecule has 168 valence electrons. The predicted molar refractivity (Wildman–Crippen MR) is 128 cm³/mol. The van der Waals surface area contributed by atoms with Gasteiger partial charge in [-0.25, -0.2) is 0 Å². The van der Waals surface area contributed by atoms with E-state index in [0.717, 1.165) is 5.56 Å². The van der Waals surface area contributed by atoms with Gasteiger partial charge in [0.2, 0.25) is 5.91 Å².